The Balaban J connectivity index is 1.80. The van der Waals surface area contributed by atoms with E-state index in [1.54, 1.807) is 18.2 Å². The summed E-state index contributed by atoms with van der Waals surface area (Å²) in [6.07, 6.45) is 8.84. The first kappa shape index (κ1) is 18.1. The Morgan fingerprint density at radius 1 is 1.38 bits per heavy atom. The molecule has 1 saturated carbocycles. The number of phenolic OH excluding ortho intramolecular Hbond substituents is 1. The van der Waals surface area contributed by atoms with E-state index in [0.29, 0.717) is 18.1 Å². The van der Waals surface area contributed by atoms with Crippen molar-refractivity contribution in [2.75, 3.05) is 7.11 Å². The van der Waals surface area contributed by atoms with Crippen LogP contribution in [-0.4, -0.2) is 24.2 Å². The highest BCUT2D eigenvalue weighted by Crippen LogP contribution is 2.27. The summed E-state index contributed by atoms with van der Waals surface area (Å²) in [4.78, 5) is 12.2. The molecular weight excluding hydrogens is 302 g/mol. The Bertz CT molecular complexity index is 613. The fraction of sp³-hybridized carbons (Fsp3) is 0.450. The highest BCUT2D eigenvalue weighted by Gasteiger charge is 2.21. The third kappa shape index (κ3) is 5.44. The first-order chi connectivity index (χ1) is 11.5. The maximum atomic E-state index is 12.2. The van der Waals surface area contributed by atoms with E-state index in [4.69, 9.17) is 4.74 Å². The summed E-state index contributed by atoms with van der Waals surface area (Å²) >= 11 is 0. The second-order valence-corrected chi connectivity index (χ2v) is 6.57. The van der Waals surface area contributed by atoms with Gasteiger partial charge < -0.3 is 15.2 Å². The number of allylic oxidation sites excluding steroid dienone is 3. The molecule has 4 nitrogen and oxygen atoms in total. The van der Waals surface area contributed by atoms with E-state index < -0.39 is 0 Å². The van der Waals surface area contributed by atoms with Crippen LogP contribution >= 0.6 is 0 Å². The van der Waals surface area contributed by atoms with Crippen LogP contribution in [0, 0.1) is 5.92 Å². The van der Waals surface area contributed by atoms with E-state index in [9.17, 15) is 9.90 Å². The molecule has 4 heteroatoms. The van der Waals surface area contributed by atoms with Gasteiger partial charge in [-0.15, -0.1) is 0 Å². The molecule has 0 unspecified atom stereocenters. The van der Waals surface area contributed by atoms with Crippen LogP contribution in [0.2, 0.25) is 0 Å². The van der Waals surface area contributed by atoms with E-state index in [2.05, 4.69) is 24.0 Å². The molecule has 130 valence electrons. The van der Waals surface area contributed by atoms with Gasteiger partial charge in [-0.2, -0.15) is 0 Å². The maximum Gasteiger partial charge on any atom is 0.224 e. The third-order valence-corrected chi connectivity index (χ3v) is 4.40. The Morgan fingerprint density at radius 2 is 2.08 bits per heavy atom. The highest BCUT2D eigenvalue weighted by molar-refractivity contribution is 5.79. The van der Waals surface area contributed by atoms with Crippen LogP contribution in [0.5, 0.6) is 11.5 Å². The molecule has 0 radical (unpaired) electrons. The van der Waals surface area contributed by atoms with Gasteiger partial charge in [0.15, 0.2) is 11.5 Å². The van der Waals surface area contributed by atoms with Crippen molar-refractivity contribution >= 4 is 5.91 Å². The van der Waals surface area contributed by atoms with Gasteiger partial charge in [-0.1, -0.05) is 30.4 Å². The Morgan fingerprint density at radius 3 is 2.71 bits per heavy atom. The van der Waals surface area contributed by atoms with Crippen LogP contribution in [-0.2, 0) is 11.2 Å². The number of ether oxygens (including phenoxy) is 1. The molecule has 0 spiro atoms. The minimum absolute atomic E-state index is 0.0173. The molecule has 1 aromatic rings. The van der Waals surface area contributed by atoms with Gasteiger partial charge in [-0.25, -0.2) is 0 Å². The van der Waals surface area contributed by atoms with Gasteiger partial charge in [0.05, 0.1) is 13.5 Å². The number of methoxy groups -OCH3 is 1. The van der Waals surface area contributed by atoms with Crippen LogP contribution in [0.25, 0.3) is 0 Å². The monoisotopic (exact) mass is 329 g/mol. The lowest BCUT2D eigenvalue weighted by molar-refractivity contribution is -0.121. The first-order valence-electron chi connectivity index (χ1n) is 8.47. The molecule has 1 aromatic carbocycles. The molecule has 1 amide bonds. The van der Waals surface area contributed by atoms with Crippen molar-refractivity contribution in [3.63, 3.8) is 0 Å². The normalized spacial score (nSPS) is 20.8. The number of rotatable bonds is 6. The van der Waals surface area contributed by atoms with E-state index in [1.807, 2.05) is 6.92 Å². The average Bonchev–Trinajstić information content (AvgIpc) is 2.56. The summed E-state index contributed by atoms with van der Waals surface area (Å²) in [6.45, 7) is 5.88. The standard InChI is InChI=1S/C20H27NO3/c1-14(2)4-5-15-6-9-17(10-7-15)21-20(23)13-16-8-11-18(22)19(12-16)24-3/h4-5,8,11-12,15,17,22H,1,6-7,9-10,13H2,2-3H3,(H,21,23). The molecule has 0 saturated heterocycles. The number of phenols is 1. The fourth-order valence-corrected chi connectivity index (χ4v) is 3.05. The number of benzene rings is 1. The molecule has 0 heterocycles. The van der Waals surface area contributed by atoms with Gasteiger partial charge in [-0.05, 0) is 56.2 Å². The second kappa shape index (κ2) is 8.57. The zero-order chi connectivity index (χ0) is 17.5. The van der Waals surface area contributed by atoms with Gasteiger partial charge in [0.2, 0.25) is 5.91 Å². The number of hydrogen-bond donors (Lipinski definition) is 2. The lowest BCUT2D eigenvalue weighted by atomic mass is 9.85. The molecule has 0 bridgehead atoms. The zero-order valence-electron chi connectivity index (χ0n) is 14.5. The average molecular weight is 329 g/mol. The first-order valence-corrected chi connectivity index (χ1v) is 8.47. The van der Waals surface area contributed by atoms with Crippen LogP contribution < -0.4 is 10.1 Å². The molecule has 1 aliphatic rings. The number of aromatic hydroxyl groups is 1. The number of nitrogens with one attached hydrogen (secondary N) is 1. The summed E-state index contributed by atoms with van der Waals surface area (Å²) < 4.78 is 5.07. The van der Waals surface area contributed by atoms with E-state index in [-0.39, 0.29) is 17.7 Å². The Labute approximate surface area is 144 Å². The molecule has 1 fully saturated rings. The van der Waals surface area contributed by atoms with Crippen LogP contribution in [0.15, 0.2) is 42.5 Å². The summed E-state index contributed by atoms with van der Waals surface area (Å²) in [6, 6.07) is 5.26. The number of carbonyl (C=O) groups is 1. The van der Waals surface area contributed by atoms with E-state index >= 15 is 0 Å². The Hall–Kier alpha value is -2.23. The molecule has 0 aliphatic heterocycles. The van der Waals surface area contributed by atoms with Crippen LogP contribution in [0.4, 0.5) is 0 Å². The van der Waals surface area contributed by atoms with Crippen molar-refractivity contribution in [2.24, 2.45) is 5.92 Å². The number of amides is 1. The van der Waals surface area contributed by atoms with Crippen molar-refractivity contribution in [2.45, 2.75) is 45.1 Å². The lowest BCUT2D eigenvalue weighted by Gasteiger charge is -2.27. The van der Waals surface area contributed by atoms with Gasteiger partial charge in [0, 0.05) is 6.04 Å². The summed E-state index contributed by atoms with van der Waals surface area (Å²) in [7, 11) is 1.50. The fourth-order valence-electron chi connectivity index (χ4n) is 3.05. The van der Waals surface area contributed by atoms with Crippen LogP contribution in [0.3, 0.4) is 0 Å². The maximum absolute atomic E-state index is 12.2. The number of carbonyl (C=O) groups excluding carboxylic acids is 1. The molecule has 2 N–H and O–H groups in total. The SMILES string of the molecule is C=C(C)C=CC1CCC(NC(=O)Cc2ccc(O)c(OC)c2)CC1. The van der Waals surface area contributed by atoms with Crippen LogP contribution in [0.1, 0.15) is 38.2 Å². The molecule has 0 atom stereocenters. The van der Waals surface area contributed by atoms with E-state index in [1.165, 1.54) is 7.11 Å². The summed E-state index contributed by atoms with van der Waals surface area (Å²) in [5, 5.41) is 12.7. The molecule has 0 aromatic heterocycles. The minimum Gasteiger partial charge on any atom is -0.504 e. The smallest absolute Gasteiger partial charge is 0.224 e. The predicted molar refractivity (Wildman–Crippen MR) is 96.2 cm³/mol. The summed E-state index contributed by atoms with van der Waals surface area (Å²) in [5.41, 5.74) is 1.91. The molecule has 24 heavy (non-hydrogen) atoms. The molecular formula is C20H27NO3. The zero-order valence-corrected chi connectivity index (χ0v) is 14.5. The lowest BCUT2D eigenvalue weighted by Crippen LogP contribution is -2.38. The van der Waals surface area contributed by atoms with Crippen molar-refractivity contribution in [3.8, 4) is 11.5 Å². The second-order valence-electron chi connectivity index (χ2n) is 6.57. The third-order valence-electron chi connectivity index (χ3n) is 4.40. The largest absolute Gasteiger partial charge is 0.504 e. The van der Waals surface area contributed by atoms with Gasteiger partial charge in [0.1, 0.15) is 0 Å². The topological polar surface area (TPSA) is 58.6 Å². The van der Waals surface area contributed by atoms with Crippen molar-refractivity contribution in [3.05, 3.63) is 48.1 Å². The van der Waals surface area contributed by atoms with Crippen molar-refractivity contribution < 1.29 is 14.6 Å². The Kier molecular flexibility index (Phi) is 6.47. The highest BCUT2D eigenvalue weighted by atomic mass is 16.5. The molecule has 2 rings (SSSR count). The van der Waals surface area contributed by atoms with Crippen molar-refractivity contribution in [1.82, 2.24) is 5.32 Å². The van der Waals surface area contributed by atoms with Gasteiger partial charge in [0.25, 0.3) is 0 Å². The van der Waals surface area contributed by atoms with Crippen molar-refractivity contribution in [1.29, 1.82) is 0 Å². The van der Waals surface area contributed by atoms with Gasteiger partial charge >= 0.3 is 0 Å². The number of hydrogen-bond acceptors (Lipinski definition) is 3. The molecule has 1 aliphatic carbocycles. The van der Waals surface area contributed by atoms with E-state index in [0.717, 1.165) is 36.8 Å². The quantitative estimate of drug-likeness (QED) is 0.782. The predicted octanol–water partition coefficient (Wildman–Crippen LogP) is 3.75. The van der Waals surface area contributed by atoms with Gasteiger partial charge in [-0.3, -0.25) is 4.79 Å². The minimum atomic E-state index is 0.0173. The summed E-state index contributed by atoms with van der Waals surface area (Å²) in [5.74, 6) is 1.09.